The average molecular weight is 312 g/mol. The van der Waals surface area contributed by atoms with Crippen molar-refractivity contribution in [2.24, 2.45) is 5.11 Å². The summed E-state index contributed by atoms with van der Waals surface area (Å²) in [5.41, 5.74) is 8.56. The van der Waals surface area contributed by atoms with E-state index in [1.54, 1.807) is 6.92 Å². The van der Waals surface area contributed by atoms with Gasteiger partial charge in [-0.15, -0.1) is 0 Å². The second-order valence-electron chi connectivity index (χ2n) is 4.28. The number of hydrogen-bond donors (Lipinski definition) is 0. The van der Waals surface area contributed by atoms with Gasteiger partial charge in [-0.05, 0) is 23.7 Å². The lowest BCUT2D eigenvalue weighted by Crippen LogP contribution is -2.25. The van der Waals surface area contributed by atoms with Crippen molar-refractivity contribution >= 4 is 22.6 Å². The van der Waals surface area contributed by atoms with E-state index in [4.69, 9.17) is 10.3 Å². The molecule has 112 valence electrons. The van der Waals surface area contributed by atoms with Crippen molar-refractivity contribution in [3.63, 3.8) is 0 Å². The molecule has 0 radical (unpaired) electrons. The smallest absolute Gasteiger partial charge is 0.414 e. The van der Waals surface area contributed by atoms with Crippen LogP contribution in [-0.2, 0) is 15.5 Å². The highest BCUT2D eigenvalue weighted by atomic mass is 32.2. The Morgan fingerprint density at radius 2 is 2.38 bits per heavy atom. The highest BCUT2D eigenvalue weighted by molar-refractivity contribution is 7.85. The van der Waals surface area contributed by atoms with Crippen LogP contribution in [0.2, 0.25) is 0 Å². The Morgan fingerprint density at radius 3 is 3.00 bits per heavy atom. The van der Waals surface area contributed by atoms with E-state index in [-0.39, 0.29) is 18.0 Å². The van der Waals surface area contributed by atoms with Crippen molar-refractivity contribution in [3.8, 4) is 0 Å². The van der Waals surface area contributed by atoms with E-state index < -0.39 is 28.8 Å². The van der Waals surface area contributed by atoms with Crippen LogP contribution in [0.1, 0.15) is 6.92 Å². The maximum absolute atomic E-state index is 13.9. The molecule has 0 spiro atoms. The molecule has 1 aliphatic rings. The van der Waals surface area contributed by atoms with Gasteiger partial charge in [-0.1, -0.05) is 12.0 Å². The first kappa shape index (κ1) is 15.3. The molecule has 1 fully saturated rings. The Balaban J connectivity index is 2.19. The van der Waals surface area contributed by atoms with Gasteiger partial charge in [-0.2, -0.15) is 0 Å². The summed E-state index contributed by atoms with van der Waals surface area (Å²) >= 11 is 0. The third-order valence-electron chi connectivity index (χ3n) is 2.96. The Hall–Kier alpha value is -2.12. The van der Waals surface area contributed by atoms with Crippen LogP contribution in [0, 0.1) is 5.82 Å². The number of anilines is 1. The van der Waals surface area contributed by atoms with Gasteiger partial charge in [0, 0.05) is 10.7 Å². The van der Waals surface area contributed by atoms with Crippen LogP contribution in [0.4, 0.5) is 14.9 Å². The number of nitrogens with zero attached hydrogens (tertiary/aromatic N) is 4. The van der Waals surface area contributed by atoms with Crippen LogP contribution < -0.4 is 4.90 Å². The van der Waals surface area contributed by atoms with Gasteiger partial charge in [0.05, 0.1) is 34.5 Å². The first-order valence-electron chi connectivity index (χ1n) is 6.23. The third kappa shape index (κ3) is 3.32. The van der Waals surface area contributed by atoms with Crippen molar-refractivity contribution in [3.05, 3.63) is 34.5 Å². The summed E-state index contributed by atoms with van der Waals surface area (Å²) in [6.07, 6.45) is -1.18. The molecular weight excluding hydrogens is 299 g/mol. The maximum atomic E-state index is 13.9. The molecule has 0 saturated carbocycles. The number of benzene rings is 1. The van der Waals surface area contributed by atoms with Gasteiger partial charge in [-0.3, -0.25) is 9.11 Å². The van der Waals surface area contributed by atoms with E-state index in [1.165, 1.54) is 17.0 Å². The lowest BCUT2D eigenvalue weighted by Gasteiger charge is -2.13. The summed E-state index contributed by atoms with van der Waals surface area (Å²) in [6.45, 7) is 1.90. The summed E-state index contributed by atoms with van der Waals surface area (Å²) in [6, 6.07) is 4.07. The van der Waals surface area contributed by atoms with Crippen molar-refractivity contribution in [1.82, 2.24) is 0 Å². The fourth-order valence-electron chi connectivity index (χ4n) is 1.95. The molecule has 1 unspecified atom stereocenters. The molecule has 1 aromatic rings. The number of amides is 1. The lowest BCUT2D eigenvalue weighted by molar-refractivity contribution is 0.145. The van der Waals surface area contributed by atoms with E-state index in [9.17, 15) is 13.4 Å². The number of hydrogen-bond acceptors (Lipinski definition) is 4. The number of azide groups is 1. The molecule has 2 atom stereocenters. The quantitative estimate of drug-likeness (QED) is 0.475. The van der Waals surface area contributed by atoms with Crippen LogP contribution in [0.15, 0.2) is 28.2 Å². The van der Waals surface area contributed by atoms with E-state index in [1.807, 2.05) is 0 Å². The Bertz CT molecular complexity index is 633. The van der Waals surface area contributed by atoms with Crippen LogP contribution in [0.3, 0.4) is 0 Å². The van der Waals surface area contributed by atoms with Gasteiger partial charge in [-0.25, -0.2) is 9.18 Å². The number of rotatable bonds is 5. The van der Waals surface area contributed by atoms with Crippen LogP contribution in [0.5, 0.6) is 0 Å². The minimum absolute atomic E-state index is 0.0269. The molecule has 1 heterocycles. The maximum Gasteiger partial charge on any atom is 0.414 e. The zero-order valence-electron chi connectivity index (χ0n) is 11.2. The number of halogens is 1. The summed E-state index contributed by atoms with van der Waals surface area (Å²) in [7, 11) is -1.40. The molecule has 1 aromatic carbocycles. The van der Waals surface area contributed by atoms with Crippen molar-refractivity contribution in [2.45, 2.75) is 17.9 Å². The molecule has 0 N–H and O–H groups in total. The van der Waals surface area contributed by atoms with E-state index in [0.29, 0.717) is 11.4 Å². The molecule has 21 heavy (non-hydrogen) atoms. The molecule has 1 amide bonds. The third-order valence-corrected chi connectivity index (χ3v) is 4.30. The first-order chi connectivity index (χ1) is 10.1. The number of carbonyl (C=O) groups is 1. The second-order valence-corrected chi connectivity index (χ2v) is 5.99. The minimum Gasteiger partial charge on any atom is -0.444 e. The van der Waals surface area contributed by atoms with Crippen molar-refractivity contribution in [2.75, 3.05) is 23.7 Å². The number of cyclic esters (lactones) is 1. The van der Waals surface area contributed by atoms with Crippen molar-refractivity contribution < 1.29 is 18.1 Å². The van der Waals surface area contributed by atoms with Gasteiger partial charge in [0.25, 0.3) is 0 Å². The highest BCUT2D eigenvalue weighted by Gasteiger charge is 2.32. The summed E-state index contributed by atoms with van der Waals surface area (Å²) < 4.78 is 30.6. The summed E-state index contributed by atoms with van der Waals surface area (Å²) in [4.78, 5) is 15.7. The van der Waals surface area contributed by atoms with Gasteiger partial charge in [0.15, 0.2) is 0 Å². The highest BCUT2D eigenvalue weighted by Crippen LogP contribution is 2.25. The molecule has 0 aliphatic carbocycles. The Labute approximate surface area is 122 Å². The monoisotopic (exact) mass is 312 g/mol. The minimum atomic E-state index is -1.40. The van der Waals surface area contributed by atoms with Crippen LogP contribution in [-0.4, -0.2) is 35.2 Å². The second kappa shape index (κ2) is 6.55. The van der Waals surface area contributed by atoms with Gasteiger partial charge in [0.1, 0.15) is 11.9 Å². The largest absolute Gasteiger partial charge is 0.444 e. The predicted octanol–water partition coefficient (Wildman–Crippen LogP) is 2.59. The fourth-order valence-corrected chi connectivity index (χ4v) is 2.76. The lowest BCUT2D eigenvalue weighted by atomic mass is 10.2. The first-order valence-corrected chi connectivity index (χ1v) is 7.55. The molecule has 9 heteroatoms. The molecule has 2 rings (SSSR count). The zero-order valence-corrected chi connectivity index (χ0v) is 12.0. The number of carbonyl (C=O) groups excluding carboxylic acids is 1. The standard InChI is InChI=1S/C12H13FN4O3S/c1-2-21(19)11-4-3-8(5-10(11)13)17-7-9(6-15-16-14)20-12(17)18/h3-5,9H,2,6-7H2,1H3/t9-,21?/m1/s1. The topological polar surface area (TPSA) is 95.4 Å². The molecular formula is C12H13FN4O3S. The molecule has 0 aromatic heterocycles. The summed E-state index contributed by atoms with van der Waals surface area (Å²) in [5.74, 6) is -0.310. The van der Waals surface area contributed by atoms with Gasteiger partial charge < -0.3 is 4.74 Å². The van der Waals surface area contributed by atoms with Gasteiger partial charge >= 0.3 is 6.09 Å². The predicted molar refractivity (Wildman–Crippen MR) is 75.0 cm³/mol. The van der Waals surface area contributed by atoms with Crippen LogP contribution in [0.25, 0.3) is 10.4 Å². The Kier molecular flexibility index (Phi) is 4.77. The molecule has 1 aliphatic heterocycles. The zero-order chi connectivity index (χ0) is 15.4. The molecule has 0 bridgehead atoms. The molecule has 7 nitrogen and oxygen atoms in total. The molecule has 1 saturated heterocycles. The van der Waals surface area contributed by atoms with Crippen molar-refractivity contribution in [1.29, 1.82) is 0 Å². The van der Waals surface area contributed by atoms with E-state index >= 15 is 0 Å². The normalized spacial score (nSPS) is 19.0. The fraction of sp³-hybridized carbons (Fsp3) is 0.417. The number of ether oxygens (including phenoxy) is 1. The van der Waals surface area contributed by atoms with E-state index in [2.05, 4.69) is 10.0 Å². The van der Waals surface area contributed by atoms with E-state index in [0.717, 1.165) is 6.07 Å². The average Bonchev–Trinajstić information content (AvgIpc) is 2.85. The van der Waals surface area contributed by atoms with Gasteiger partial charge in [0.2, 0.25) is 0 Å². The Morgan fingerprint density at radius 1 is 1.62 bits per heavy atom. The summed E-state index contributed by atoms with van der Waals surface area (Å²) in [5, 5.41) is 3.34. The SMILES string of the molecule is CCS(=O)c1ccc(N2C[C@@H](CN=[N+]=[N-])OC2=O)cc1F. The van der Waals surface area contributed by atoms with Crippen LogP contribution >= 0.6 is 0 Å².